The number of piperidine rings is 1. The molecule has 1 aromatic rings. The molecule has 1 aliphatic carbocycles. The molecule has 0 saturated carbocycles. The molecule has 6 N–H and O–H groups in total. The molecule has 0 amide bonds. The zero-order valence-corrected chi connectivity index (χ0v) is 20.2. The first-order valence-electron chi connectivity index (χ1n) is 11.9. The fourth-order valence-corrected chi connectivity index (χ4v) is 4.21. The number of hydrogen-bond donors (Lipinski definition) is 4. The molecule has 7 heteroatoms. The second-order valence-corrected chi connectivity index (χ2v) is 7.30. The summed E-state index contributed by atoms with van der Waals surface area (Å²) in [5, 5.41) is 7.35. The van der Waals surface area contributed by atoms with Crippen LogP contribution in [0.5, 0.6) is 5.75 Å². The number of fused-ring (bicyclic) bond motifs is 2. The third-order valence-electron chi connectivity index (χ3n) is 5.65. The minimum Gasteiger partial charge on any atom is -0.453 e. The highest BCUT2D eigenvalue weighted by Crippen LogP contribution is 2.43. The van der Waals surface area contributed by atoms with Crippen molar-refractivity contribution in [3.05, 3.63) is 59.5 Å². The lowest BCUT2D eigenvalue weighted by Crippen LogP contribution is -2.49. The number of rotatable bonds is 3. The number of benzene rings is 1. The van der Waals surface area contributed by atoms with Crippen molar-refractivity contribution in [1.82, 2.24) is 10.7 Å². The summed E-state index contributed by atoms with van der Waals surface area (Å²) in [6.07, 6.45) is 12.7. The molecular weight excluding hydrogens is 400 g/mol. The Labute approximate surface area is 193 Å². The first-order chi connectivity index (χ1) is 15.7. The van der Waals surface area contributed by atoms with Crippen molar-refractivity contribution in [3.8, 4) is 5.75 Å². The number of hydrazine groups is 1. The summed E-state index contributed by atoms with van der Waals surface area (Å²) in [5.41, 5.74) is 5.55. The van der Waals surface area contributed by atoms with Gasteiger partial charge in [-0.3, -0.25) is 0 Å². The standard InChI is InChI=1S/C21H28N6O.2C2H6/c1-2-15-13-16(10-11-24-15)27-17-6-4-3-5-7-19(17)28-20-12-14(8-9-18(20)27)21(25-22)26-23;2*1-2/h3,5-9,12,15-16,24H,2,4,10-11,13,22-23H2,1H3,(H,25,26);2*1-2H3. The maximum absolute atomic E-state index is 6.29. The van der Waals surface area contributed by atoms with Crippen LogP contribution in [-0.2, 0) is 0 Å². The molecule has 0 spiro atoms. The van der Waals surface area contributed by atoms with Crippen molar-refractivity contribution in [1.29, 1.82) is 0 Å². The molecule has 2 heterocycles. The van der Waals surface area contributed by atoms with E-state index in [1.165, 1.54) is 0 Å². The summed E-state index contributed by atoms with van der Waals surface area (Å²) in [4.78, 5) is 2.46. The first kappa shape index (κ1) is 25.5. The lowest BCUT2D eigenvalue weighted by Gasteiger charge is -2.43. The van der Waals surface area contributed by atoms with Crippen molar-refractivity contribution < 1.29 is 4.74 Å². The van der Waals surface area contributed by atoms with E-state index in [9.17, 15) is 0 Å². The fourth-order valence-electron chi connectivity index (χ4n) is 4.21. The fraction of sp³-hybridized carbons (Fsp3) is 0.480. The van der Waals surface area contributed by atoms with Gasteiger partial charge >= 0.3 is 0 Å². The molecule has 1 saturated heterocycles. The summed E-state index contributed by atoms with van der Waals surface area (Å²) < 4.78 is 6.29. The number of hydrogen-bond acceptors (Lipinski definition) is 6. The van der Waals surface area contributed by atoms with E-state index in [0.29, 0.717) is 17.9 Å². The van der Waals surface area contributed by atoms with E-state index in [1.807, 2.05) is 45.9 Å². The molecule has 32 heavy (non-hydrogen) atoms. The molecular formula is C25H40N6O. The van der Waals surface area contributed by atoms with Crippen LogP contribution in [0.15, 0.2) is 59.1 Å². The Morgan fingerprint density at radius 1 is 1.28 bits per heavy atom. The second-order valence-electron chi connectivity index (χ2n) is 7.30. The van der Waals surface area contributed by atoms with E-state index in [4.69, 9.17) is 16.4 Å². The van der Waals surface area contributed by atoms with Crippen LogP contribution in [0.1, 0.15) is 65.9 Å². The van der Waals surface area contributed by atoms with Crippen LogP contribution in [-0.4, -0.2) is 24.5 Å². The van der Waals surface area contributed by atoms with E-state index in [-0.39, 0.29) is 0 Å². The Bertz CT molecular complexity index is 858. The van der Waals surface area contributed by atoms with E-state index < -0.39 is 0 Å². The molecule has 4 rings (SSSR count). The molecule has 0 aromatic heterocycles. The molecule has 1 fully saturated rings. The first-order valence-corrected chi connectivity index (χ1v) is 11.9. The SMILES string of the molecule is CC.CC.CCC1CC(N2C3=CCC=CC=C3Oc3cc(/C(=N/N)NN)ccc32)CCN1. The highest BCUT2D eigenvalue weighted by atomic mass is 16.5. The minimum absolute atomic E-state index is 0.418. The maximum atomic E-state index is 6.29. The number of hydrazone groups is 1. The number of nitrogens with zero attached hydrogens (tertiary/aromatic N) is 2. The average molecular weight is 441 g/mol. The third-order valence-corrected chi connectivity index (χ3v) is 5.65. The molecule has 2 aliphatic heterocycles. The number of ether oxygens (including phenoxy) is 1. The van der Waals surface area contributed by atoms with Crippen molar-refractivity contribution >= 4 is 11.5 Å². The quantitative estimate of drug-likeness (QED) is 0.242. The van der Waals surface area contributed by atoms with E-state index in [1.54, 1.807) is 0 Å². The molecule has 0 radical (unpaired) electrons. The summed E-state index contributed by atoms with van der Waals surface area (Å²) in [6, 6.07) is 6.95. The zero-order valence-electron chi connectivity index (χ0n) is 20.2. The van der Waals surface area contributed by atoms with Crippen molar-refractivity contribution in [2.24, 2.45) is 16.8 Å². The number of amidine groups is 1. The van der Waals surface area contributed by atoms with Gasteiger partial charge in [0, 0.05) is 17.6 Å². The van der Waals surface area contributed by atoms with Crippen LogP contribution in [0.2, 0.25) is 0 Å². The lowest BCUT2D eigenvalue weighted by atomic mass is 9.94. The van der Waals surface area contributed by atoms with Crippen molar-refractivity contribution in [2.45, 2.75) is 72.4 Å². The Morgan fingerprint density at radius 3 is 2.75 bits per heavy atom. The van der Waals surface area contributed by atoms with E-state index in [0.717, 1.165) is 60.7 Å². The van der Waals surface area contributed by atoms with Crippen LogP contribution < -0.4 is 32.1 Å². The monoisotopic (exact) mass is 440 g/mol. The van der Waals surface area contributed by atoms with Gasteiger partial charge in [-0.2, -0.15) is 5.10 Å². The predicted octanol–water partition coefficient (Wildman–Crippen LogP) is 4.28. The summed E-state index contributed by atoms with van der Waals surface area (Å²) in [7, 11) is 0. The minimum atomic E-state index is 0.418. The molecule has 2 atom stereocenters. The van der Waals surface area contributed by atoms with Crippen LogP contribution in [0.3, 0.4) is 0 Å². The topological polar surface area (TPSA) is 101 Å². The van der Waals surface area contributed by atoms with Gasteiger partial charge in [-0.25, -0.2) is 5.84 Å². The molecule has 3 aliphatic rings. The normalized spacial score (nSPS) is 21.7. The predicted molar refractivity (Wildman–Crippen MR) is 135 cm³/mol. The highest BCUT2D eigenvalue weighted by Gasteiger charge is 2.35. The van der Waals surface area contributed by atoms with Gasteiger partial charge in [0.15, 0.2) is 17.3 Å². The van der Waals surface area contributed by atoms with Gasteiger partial charge in [-0.15, -0.1) is 0 Å². The van der Waals surface area contributed by atoms with E-state index in [2.05, 4.69) is 52.0 Å². The van der Waals surface area contributed by atoms with Gasteiger partial charge in [0.05, 0.1) is 11.4 Å². The number of allylic oxidation sites excluding steroid dienone is 4. The van der Waals surface area contributed by atoms with Gasteiger partial charge in [-0.1, -0.05) is 52.8 Å². The second kappa shape index (κ2) is 12.9. The van der Waals surface area contributed by atoms with Crippen LogP contribution >= 0.6 is 0 Å². The van der Waals surface area contributed by atoms with Crippen LogP contribution in [0, 0.1) is 0 Å². The largest absolute Gasteiger partial charge is 0.453 e. The van der Waals surface area contributed by atoms with Gasteiger partial charge in [0.25, 0.3) is 0 Å². The maximum Gasteiger partial charge on any atom is 0.166 e. The number of nitrogens with one attached hydrogen (secondary N) is 2. The van der Waals surface area contributed by atoms with Gasteiger partial charge in [-0.05, 0) is 56.5 Å². The van der Waals surface area contributed by atoms with Crippen molar-refractivity contribution in [3.63, 3.8) is 0 Å². The molecule has 7 nitrogen and oxygen atoms in total. The zero-order chi connectivity index (χ0) is 23.5. The molecule has 1 aromatic carbocycles. The van der Waals surface area contributed by atoms with Gasteiger partial charge in [0.2, 0.25) is 0 Å². The smallest absolute Gasteiger partial charge is 0.166 e. The lowest BCUT2D eigenvalue weighted by molar-refractivity contribution is 0.334. The van der Waals surface area contributed by atoms with Crippen molar-refractivity contribution in [2.75, 3.05) is 11.4 Å². The number of anilines is 1. The Morgan fingerprint density at radius 2 is 2.06 bits per heavy atom. The third kappa shape index (κ3) is 5.53. The van der Waals surface area contributed by atoms with Crippen LogP contribution in [0.4, 0.5) is 5.69 Å². The number of nitrogens with two attached hydrogens (primary N) is 2. The molecule has 176 valence electrons. The Kier molecular flexibility index (Phi) is 10.3. The summed E-state index contributed by atoms with van der Waals surface area (Å²) in [5.74, 6) is 13.1. The van der Waals surface area contributed by atoms with E-state index >= 15 is 0 Å². The molecule has 0 bridgehead atoms. The average Bonchev–Trinajstić information content (AvgIpc) is 3.11. The van der Waals surface area contributed by atoms with Gasteiger partial charge in [0.1, 0.15) is 0 Å². The van der Waals surface area contributed by atoms with Gasteiger partial charge < -0.3 is 26.2 Å². The Hall–Kier alpha value is -2.77. The summed E-state index contributed by atoms with van der Waals surface area (Å²) >= 11 is 0. The molecule has 2 unspecified atom stereocenters. The Balaban J connectivity index is 0.000000860. The van der Waals surface area contributed by atoms with Crippen LogP contribution in [0.25, 0.3) is 0 Å². The highest BCUT2D eigenvalue weighted by molar-refractivity contribution is 5.99. The summed E-state index contributed by atoms with van der Waals surface area (Å²) in [6.45, 7) is 11.3.